The lowest BCUT2D eigenvalue weighted by Gasteiger charge is -2.29. The standard InChI is InChI=1S/C58H102N3O15P/c1-7-9-11-13-15-17-19-21-23-25-27-29-31-33-35-37-53(65)71-47-49(75-54(66)38-36-34-32-30-28-26-24-22-20-18-16-14-12-10-8-2)48-74-77(69,70)73-46-44-59-56(68)57(3,4)43-45-72-58(5,6)60-50(62)39-42-55(67)76-61-51(63)40-41-52(61)64/h21-24,49H,7-20,25-48H2,1-6H3,(H,59,68)(H,60,62)(H,69,70)/b23-21-,24-22-. The van der Waals surface area contributed by atoms with Crippen molar-refractivity contribution in [2.45, 2.75) is 265 Å². The molecule has 0 aliphatic carbocycles. The summed E-state index contributed by atoms with van der Waals surface area (Å²) in [5.74, 6) is -4.09. The summed E-state index contributed by atoms with van der Waals surface area (Å²) in [7, 11) is -4.71. The molecule has 1 aliphatic rings. The molecule has 1 heterocycles. The van der Waals surface area contributed by atoms with Crippen molar-refractivity contribution in [1.82, 2.24) is 15.7 Å². The van der Waals surface area contributed by atoms with E-state index >= 15 is 0 Å². The Morgan fingerprint density at radius 2 is 1.06 bits per heavy atom. The maximum absolute atomic E-state index is 13.1. The van der Waals surface area contributed by atoms with E-state index in [9.17, 15) is 43.0 Å². The Kier molecular flexibility index (Phi) is 40.5. The Hall–Kier alpha value is -3.96. The number of phosphoric acid groups is 1. The van der Waals surface area contributed by atoms with E-state index in [2.05, 4.69) is 48.8 Å². The first kappa shape index (κ1) is 71.1. The second-order valence-electron chi connectivity index (χ2n) is 21.4. The Bertz CT molecular complexity index is 1770. The number of esters is 2. The lowest BCUT2D eigenvalue weighted by molar-refractivity contribution is -0.197. The second-order valence-corrected chi connectivity index (χ2v) is 22.9. The summed E-state index contributed by atoms with van der Waals surface area (Å²) in [4.78, 5) is 102. The molecule has 444 valence electrons. The summed E-state index contributed by atoms with van der Waals surface area (Å²) in [6.07, 6.45) is 37.1. The van der Waals surface area contributed by atoms with Gasteiger partial charge in [-0.25, -0.2) is 9.36 Å². The number of carbonyl (C=O) groups excluding carboxylic acids is 7. The van der Waals surface area contributed by atoms with Crippen LogP contribution in [0, 0.1) is 5.41 Å². The van der Waals surface area contributed by atoms with E-state index < -0.39 is 79.8 Å². The molecule has 0 radical (unpaired) electrons. The molecule has 77 heavy (non-hydrogen) atoms. The number of phosphoric ester groups is 1. The highest BCUT2D eigenvalue weighted by molar-refractivity contribution is 7.47. The molecule has 0 aromatic heterocycles. The quantitative estimate of drug-likeness (QED) is 0.0128. The number of imide groups is 1. The van der Waals surface area contributed by atoms with Gasteiger partial charge in [0.05, 0.1) is 26.2 Å². The fourth-order valence-corrected chi connectivity index (χ4v) is 8.96. The number of hydrogen-bond acceptors (Lipinski definition) is 14. The predicted octanol–water partition coefficient (Wildman–Crippen LogP) is 12.4. The van der Waals surface area contributed by atoms with Crippen molar-refractivity contribution in [3.8, 4) is 0 Å². The van der Waals surface area contributed by atoms with Gasteiger partial charge in [0.2, 0.25) is 11.8 Å². The van der Waals surface area contributed by atoms with Crippen molar-refractivity contribution in [3.05, 3.63) is 24.3 Å². The van der Waals surface area contributed by atoms with E-state index in [1.54, 1.807) is 27.7 Å². The van der Waals surface area contributed by atoms with Crippen molar-refractivity contribution in [3.63, 3.8) is 0 Å². The van der Waals surface area contributed by atoms with Crippen LogP contribution >= 0.6 is 7.82 Å². The van der Waals surface area contributed by atoms with E-state index in [1.165, 1.54) is 77.0 Å². The van der Waals surface area contributed by atoms with Gasteiger partial charge >= 0.3 is 25.7 Å². The molecule has 0 bridgehead atoms. The molecule has 3 N–H and O–H groups in total. The highest BCUT2D eigenvalue weighted by Gasteiger charge is 2.34. The zero-order valence-electron chi connectivity index (χ0n) is 48.3. The van der Waals surface area contributed by atoms with Crippen LogP contribution in [0.1, 0.15) is 253 Å². The lowest BCUT2D eigenvalue weighted by atomic mass is 9.88. The first-order chi connectivity index (χ1) is 36.8. The summed E-state index contributed by atoms with van der Waals surface area (Å²) in [5, 5.41) is 5.72. The van der Waals surface area contributed by atoms with Crippen LogP contribution in [0.3, 0.4) is 0 Å². The van der Waals surface area contributed by atoms with Crippen LogP contribution in [0.4, 0.5) is 0 Å². The van der Waals surface area contributed by atoms with Crippen LogP contribution in [-0.2, 0) is 66.2 Å². The van der Waals surface area contributed by atoms with Gasteiger partial charge in [-0.2, -0.15) is 0 Å². The molecular formula is C58H102N3O15P. The Morgan fingerprint density at radius 1 is 0.597 bits per heavy atom. The third-order valence-electron chi connectivity index (χ3n) is 13.1. The van der Waals surface area contributed by atoms with Gasteiger partial charge in [0.1, 0.15) is 12.3 Å². The summed E-state index contributed by atoms with van der Waals surface area (Å²) in [6.45, 7) is 9.55. The Balaban J connectivity index is 2.53. The number of allylic oxidation sites excluding steroid dienone is 4. The molecule has 2 atom stereocenters. The van der Waals surface area contributed by atoms with E-state index in [0.29, 0.717) is 17.9 Å². The predicted molar refractivity (Wildman–Crippen MR) is 297 cm³/mol. The van der Waals surface area contributed by atoms with Gasteiger partial charge < -0.3 is 34.6 Å². The van der Waals surface area contributed by atoms with Crippen molar-refractivity contribution < 1.29 is 71.1 Å². The van der Waals surface area contributed by atoms with Crippen molar-refractivity contribution in [2.75, 3.05) is 33.0 Å². The minimum Gasteiger partial charge on any atom is -0.462 e. The van der Waals surface area contributed by atoms with Gasteiger partial charge in [0.25, 0.3) is 11.8 Å². The molecule has 0 saturated carbocycles. The van der Waals surface area contributed by atoms with Gasteiger partial charge in [-0.3, -0.25) is 37.8 Å². The van der Waals surface area contributed by atoms with Crippen LogP contribution in [0.2, 0.25) is 0 Å². The van der Waals surface area contributed by atoms with Crippen LogP contribution < -0.4 is 10.6 Å². The molecule has 18 nitrogen and oxygen atoms in total. The number of ether oxygens (including phenoxy) is 3. The van der Waals surface area contributed by atoms with Crippen molar-refractivity contribution in [1.29, 1.82) is 0 Å². The molecule has 19 heteroatoms. The van der Waals surface area contributed by atoms with Gasteiger partial charge in [0, 0.05) is 44.1 Å². The van der Waals surface area contributed by atoms with E-state index in [1.807, 2.05) is 0 Å². The number of amides is 4. The molecule has 0 spiro atoms. The number of nitrogens with one attached hydrogen (secondary N) is 2. The molecule has 0 aromatic rings. The van der Waals surface area contributed by atoms with Crippen LogP contribution in [0.5, 0.6) is 0 Å². The second kappa shape index (κ2) is 43.9. The van der Waals surface area contributed by atoms with Gasteiger partial charge in [0.15, 0.2) is 6.10 Å². The minimum absolute atomic E-state index is 0.0430. The molecule has 2 unspecified atom stereocenters. The maximum atomic E-state index is 13.1. The third-order valence-corrected chi connectivity index (χ3v) is 14.1. The van der Waals surface area contributed by atoms with Crippen molar-refractivity contribution in [2.24, 2.45) is 5.41 Å². The normalized spacial score (nSPS) is 14.3. The molecule has 0 aromatic carbocycles. The van der Waals surface area contributed by atoms with Crippen LogP contribution in [0.15, 0.2) is 24.3 Å². The molecule has 4 amide bonds. The van der Waals surface area contributed by atoms with Gasteiger partial charge in [-0.15, -0.1) is 5.06 Å². The summed E-state index contributed by atoms with van der Waals surface area (Å²) in [6, 6.07) is 0. The minimum atomic E-state index is -4.71. The average Bonchev–Trinajstić information content (AvgIpc) is 3.69. The highest BCUT2D eigenvalue weighted by atomic mass is 31.2. The number of nitrogens with zero attached hydrogens (tertiary/aromatic N) is 1. The first-order valence-corrected chi connectivity index (χ1v) is 30.9. The zero-order valence-corrected chi connectivity index (χ0v) is 49.2. The SMILES string of the molecule is CCCCCCCC/C=C\CCCCCCCC(=O)OCC(COP(=O)(O)OCCNC(=O)C(C)(C)CCOC(C)(C)NC(=O)CCC(=O)ON1C(=O)CCC1=O)OC(=O)CCCCCCC/C=C\CCCCCCCC. The summed E-state index contributed by atoms with van der Waals surface area (Å²) in [5.41, 5.74) is -2.16. The van der Waals surface area contributed by atoms with Crippen molar-refractivity contribution >= 4 is 49.4 Å². The Labute approximate surface area is 462 Å². The highest BCUT2D eigenvalue weighted by Crippen LogP contribution is 2.43. The summed E-state index contributed by atoms with van der Waals surface area (Å²) >= 11 is 0. The first-order valence-electron chi connectivity index (χ1n) is 29.4. The average molecular weight is 1110 g/mol. The fraction of sp³-hybridized carbons (Fsp3) is 0.810. The number of hydroxylamine groups is 2. The largest absolute Gasteiger partial charge is 0.472 e. The topological polar surface area (TPSA) is 239 Å². The lowest BCUT2D eigenvalue weighted by Crippen LogP contribution is -2.47. The molecular weight excluding hydrogens is 1010 g/mol. The molecule has 1 saturated heterocycles. The van der Waals surface area contributed by atoms with Gasteiger partial charge in [-0.05, 0) is 84.5 Å². The van der Waals surface area contributed by atoms with E-state index in [4.69, 9.17) is 28.1 Å². The number of unbranched alkanes of at least 4 members (excludes halogenated alkanes) is 22. The van der Waals surface area contributed by atoms with E-state index in [-0.39, 0.29) is 64.7 Å². The van der Waals surface area contributed by atoms with E-state index in [0.717, 1.165) is 77.0 Å². The maximum Gasteiger partial charge on any atom is 0.472 e. The molecule has 1 fully saturated rings. The monoisotopic (exact) mass is 1110 g/mol. The fourth-order valence-electron chi connectivity index (χ4n) is 8.21. The molecule has 1 aliphatic heterocycles. The van der Waals surface area contributed by atoms with Gasteiger partial charge in [-0.1, -0.05) is 155 Å². The Morgan fingerprint density at radius 3 is 1.57 bits per heavy atom. The smallest absolute Gasteiger partial charge is 0.462 e. The van der Waals surface area contributed by atoms with Crippen LogP contribution in [-0.4, -0.2) is 96.3 Å². The van der Waals surface area contributed by atoms with Crippen LogP contribution in [0.25, 0.3) is 0 Å². The number of carbonyl (C=O) groups is 7. The molecule has 1 rings (SSSR count). The zero-order chi connectivity index (χ0) is 57.1. The number of rotatable bonds is 50. The third kappa shape index (κ3) is 40.0. The number of hydrogen-bond donors (Lipinski definition) is 3. The summed E-state index contributed by atoms with van der Waals surface area (Å²) < 4.78 is 40.1.